The van der Waals surface area contributed by atoms with Crippen LogP contribution < -0.4 is 10.6 Å². The van der Waals surface area contributed by atoms with Gasteiger partial charge in [-0.05, 0) is 56.8 Å². The molecule has 1 unspecified atom stereocenters. The molecule has 2 N–H and O–H groups in total. The van der Waals surface area contributed by atoms with Gasteiger partial charge in [0.2, 0.25) is 0 Å². The van der Waals surface area contributed by atoms with E-state index in [1.807, 2.05) is 18.8 Å². The lowest BCUT2D eigenvalue weighted by Crippen LogP contribution is -2.43. The second-order valence-corrected chi connectivity index (χ2v) is 8.90. The minimum atomic E-state index is 0.351. The Kier molecular flexibility index (Phi) is 6.65. The predicted molar refractivity (Wildman–Crippen MR) is 108 cm³/mol. The molecule has 0 amide bonds. The Labute approximate surface area is 156 Å². The quantitative estimate of drug-likeness (QED) is 0.552. The van der Waals surface area contributed by atoms with E-state index in [1.54, 1.807) is 0 Å². The van der Waals surface area contributed by atoms with Gasteiger partial charge >= 0.3 is 0 Å². The van der Waals surface area contributed by atoms with Crippen molar-refractivity contribution in [2.75, 3.05) is 39.8 Å². The van der Waals surface area contributed by atoms with Crippen LogP contribution in [0.4, 0.5) is 0 Å². The fourth-order valence-electron chi connectivity index (χ4n) is 3.50. The minimum Gasteiger partial charge on any atom is -0.356 e. The van der Waals surface area contributed by atoms with Gasteiger partial charge in [0.05, 0.1) is 0 Å². The number of hydrogen-bond donors (Lipinski definition) is 2. The van der Waals surface area contributed by atoms with E-state index in [1.165, 1.54) is 50.2 Å². The number of aliphatic imine (C=N–C) groups is 1. The van der Waals surface area contributed by atoms with Gasteiger partial charge in [-0.15, -0.1) is 11.8 Å². The first-order valence-electron chi connectivity index (χ1n) is 9.64. The van der Waals surface area contributed by atoms with Crippen LogP contribution in [-0.4, -0.2) is 55.4 Å². The van der Waals surface area contributed by atoms with Gasteiger partial charge in [-0.2, -0.15) is 0 Å². The molecule has 0 radical (unpaired) electrons. The molecule has 1 aromatic rings. The highest BCUT2D eigenvalue weighted by atomic mass is 32.2. The van der Waals surface area contributed by atoms with Gasteiger partial charge in [0, 0.05) is 36.3 Å². The molecule has 2 aliphatic rings. The van der Waals surface area contributed by atoms with Gasteiger partial charge in [-0.1, -0.05) is 25.1 Å². The molecule has 1 aliphatic carbocycles. The van der Waals surface area contributed by atoms with Crippen molar-refractivity contribution in [3.05, 3.63) is 30.3 Å². The molecule has 1 saturated heterocycles. The number of hydrogen-bond acceptors (Lipinski definition) is 3. The number of nitrogens with one attached hydrogen (secondary N) is 2. The van der Waals surface area contributed by atoms with E-state index in [-0.39, 0.29) is 0 Å². The van der Waals surface area contributed by atoms with Crippen LogP contribution in [-0.2, 0) is 0 Å². The van der Waals surface area contributed by atoms with E-state index in [0.29, 0.717) is 4.75 Å². The fourth-order valence-corrected chi connectivity index (χ4v) is 4.74. The molecular formula is C20H32N4S. The van der Waals surface area contributed by atoms with E-state index >= 15 is 0 Å². The Morgan fingerprint density at radius 1 is 1.28 bits per heavy atom. The summed E-state index contributed by atoms with van der Waals surface area (Å²) >= 11 is 2.01. The van der Waals surface area contributed by atoms with Gasteiger partial charge in [0.1, 0.15) is 0 Å². The summed E-state index contributed by atoms with van der Waals surface area (Å²) in [4.78, 5) is 8.36. The first-order chi connectivity index (χ1) is 12.2. The summed E-state index contributed by atoms with van der Waals surface area (Å²) in [5.74, 6) is 1.70. The molecule has 5 heteroatoms. The molecule has 1 aliphatic heterocycles. The maximum Gasteiger partial charge on any atom is 0.191 e. The molecule has 0 aromatic heterocycles. The zero-order valence-corrected chi connectivity index (χ0v) is 16.4. The van der Waals surface area contributed by atoms with Crippen LogP contribution in [0.3, 0.4) is 0 Å². The summed E-state index contributed by atoms with van der Waals surface area (Å²) < 4.78 is 0.351. The van der Waals surface area contributed by atoms with Crippen LogP contribution in [0.2, 0.25) is 0 Å². The van der Waals surface area contributed by atoms with E-state index in [9.17, 15) is 0 Å². The van der Waals surface area contributed by atoms with Crippen molar-refractivity contribution in [3.63, 3.8) is 0 Å². The molecule has 138 valence electrons. The SMILES string of the molecule is CCCN1CCC(CNC(=NC)NCC2(Sc3ccccc3)CC2)C1. The molecule has 1 aromatic carbocycles. The Hall–Kier alpha value is -1.20. The average molecular weight is 361 g/mol. The standard InChI is InChI=1S/C20H32N4S/c1-3-12-24-13-9-17(15-24)14-22-19(21-2)23-16-20(10-11-20)25-18-7-5-4-6-8-18/h4-8,17H,3,9-16H2,1-2H3,(H2,21,22,23). The summed E-state index contributed by atoms with van der Waals surface area (Å²) in [5.41, 5.74) is 0. The van der Waals surface area contributed by atoms with Crippen molar-refractivity contribution in [2.45, 2.75) is 42.2 Å². The second-order valence-electron chi connectivity index (χ2n) is 7.36. The van der Waals surface area contributed by atoms with Gasteiger partial charge in [0.25, 0.3) is 0 Å². The Balaban J connectivity index is 1.39. The van der Waals surface area contributed by atoms with Crippen LogP contribution in [0.1, 0.15) is 32.6 Å². The largest absolute Gasteiger partial charge is 0.356 e. The van der Waals surface area contributed by atoms with Gasteiger partial charge < -0.3 is 15.5 Å². The summed E-state index contributed by atoms with van der Waals surface area (Å²) in [6.45, 7) is 7.99. The minimum absolute atomic E-state index is 0.351. The average Bonchev–Trinajstić information content (AvgIpc) is 3.24. The van der Waals surface area contributed by atoms with Crippen molar-refractivity contribution in [3.8, 4) is 0 Å². The highest BCUT2D eigenvalue weighted by Gasteiger charge is 2.43. The molecule has 3 rings (SSSR count). The summed E-state index contributed by atoms with van der Waals surface area (Å²) in [6.07, 6.45) is 5.12. The Morgan fingerprint density at radius 3 is 2.76 bits per heavy atom. The van der Waals surface area contributed by atoms with E-state index in [0.717, 1.165) is 25.0 Å². The highest BCUT2D eigenvalue weighted by Crippen LogP contribution is 2.51. The third-order valence-electron chi connectivity index (χ3n) is 5.15. The first-order valence-corrected chi connectivity index (χ1v) is 10.5. The summed E-state index contributed by atoms with van der Waals surface area (Å²) in [7, 11) is 1.87. The van der Waals surface area contributed by atoms with Gasteiger partial charge in [-0.3, -0.25) is 4.99 Å². The topological polar surface area (TPSA) is 39.7 Å². The maximum atomic E-state index is 4.41. The number of nitrogens with zero attached hydrogens (tertiary/aromatic N) is 2. The van der Waals surface area contributed by atoms with E-state index in [2.05, 4.69) is 57.8 Å². The monoisotopic (exact) mass is 360 g/mol. The number of likely N-dealkylation sites (tertiary alicyclic amines) is 1. The van der Waals surface area contributed by atoms with Crippen molar-refractivity contribution in [1.82, 2.24) is 15.5 Å². The summed E-state index contributed by atoms with van der Waals surface area (Å²) in [6, 6.07) is 10.7. The third kappa shape index (κ3) is 5.65. The van der Waals surface area contributed by atoms with E-state index < -0.39 is 0 Å². The molecule has 1 saturated carbocycles. The normalized spacial score (nSPS) is 22.8. The first kappa shape index (κ1) is 18.6. The molecule has 0 bridgehead atoms. The number of guanidine groups is 1. The number of benzene rings is 1. The Morgan fingerprint density at radius 2 is 2.08 bits per heavy atom. The molecule has 0 spiro atoms. The van der Waals surface area contributed by atoms with Crippen LogP contribution >= 0.6 is 11.8 Å². The van der Waals surface area contributed by atoms with Crippen LogP contribution in [0.5, 0.6) is 0 Å². The zero-order chi connectivity index (χ0) is 17.5. The Bertz CT molecular complexity index is 556. The lowest BCUT2D eigenvalue weighted by molar-refractivity contribution is 0.324. The number of thioether (sulfide) groups is 1. The van der Waals surface area contributed by atoms with Crippen molar-refractivity contribution < 1.29 is 0 Å². The third-order valence-corrected chi connectivity index (χ3v) is 6.65. The molecular weight excluding hydrogens is 328 g/mol. The molecule has 1 heterocycles. The van der Waals surface area contributed by atoms with Crippen LogP contribution in [0.15, 0.2) is 40.2 Å². The van der Waals surface area contributed by atoms with Crippen molar-refractivity contribution in [1.29, 1.82) is 0 Å². The van der Waals surface area contributed by atoms with E-state index in [4.69, 9.17) is 0 Å². The highest BCUT2D eigenvalue weighted by molar-refractivity contribution is 8.01. The molecule has 2 fully saturated rings. The zero-order valence-electron chi connectivity index (χ0n) is 15.6. The smallest absolute Gasteiger partial charge is 0.191 e. The number of rotatable bonds is 8. The van der Waals surface area contributed by atoms with Crippen molar-refractivity contribution >= 4 is 17.7 Å². The lowest BCUT2D eigenvalue weighted by Gasteiger charge is -2.20. The predicted octanol–water partition coefficient (Wildman–Crippen LogP) is 3.21. The molecule has 1 atom stereocenters. The molecule has 4 nitrogen and oxygen atoms in total. The second kappa shape index (κ2) is 8.95. The lowest BCUT2D eigenvalue weighted by atomic mass is 10.1. The molecule has 25 heavy (non-hydrogen) atoms. The van der Waals surface area contributed by atoms with Crippen LogP contribution in [0, 0.1) is 5.92 Å². The van der Waals surface area contributed by atoms with Gasteiger partial charge in [-0.25, -0.2) is 0 Å². The van der Waals surface area contributed by atoms with Crippen molar-refractivity contribution in [2.24, 2.45) is 10.9 Å². The maximum absolute atomic E-state index is 4.41. The van der Waals surface area contributed by atoms with Gasteiger partial charge in [0.15, 0.2) is 5.96 Å². The summed E-state index contributed by atoms with van der Waals surface area (Å²) in [5, 5.41) is 7.10. The van der Waals surface area contributed by atoms with Crippen LogP contribution in [0.25, 0.3) is 0 Å². The fraction of sp³-hybridized carbons (Fsp3) is 0.650.